The lowest BCUT2D eigenvalue weighted by Gasteiger charge is -2.36. The summed E-state index contributed by atoms with van der Waals surface area (Å²) in [6.07, 6.45) is 5.49. The summed E-state index contributed by atoms with van der Waals surface area (Å²) in [5, 5.41) is 2.89. The molecule has 0 radical (unpaired) electrons. The summed E-state index contributed by atoms with van der Waals surface area (Å²) in [7, 11) is 0. The van der Waals surface area contributed by atoms with Gasteiger partial charge in [-0.25, -0.2) is 9.37 Å². The lowest BCUT2D eigenvalue weighted by atomic mass is 9.97. The van der Waals surface area contributed by atoms with Crippen molar-refractivity contribution in [3.05, 3.63) is 97.2 Å². The fraction of sp³-hybridized carbons (Fsp3) is 0.161. The predicted molar refractivity (Wildman–Crippen MR) is 153 cm³/mol. The standard InChI is InChI=1S/C31H27FN6O/c1-21(39)35-28-8-4-23(18-27(28)22-2-6-25(32)7-3-22)24-5-9-29-30(19-24)36-31(20-34-29)38-16-14-37(15-17-38)26-10-12-33-13-11-26/h2-13,18-20H,14-17H2,1H3,(H,35,39). The van der Waals surface area contributed by atoms with E-state index in [9.17, 15) is 9.18 Å². The molecule has 3 heterocycles. The lowest BCUT2D eigenvalue weighted by molar-refractivity contribution is -0.114. The van der Waals surface area contributed by atoms with Crippen LogP contribution in [0.5, 0.6) is 0 Å². The number of aromatic nitrogens is 3. The molecule has 1 fully saturated rings. The number of halogens is 1. The number of hydrogen-bond acceptors (Lipinski definition) is 6. The normalized spacial score (nSPS) is 13.5. The first-order valence-electron chi connectivity index (χ1n) is 12.9. The summed E-state index contributed by atoms with van der Waals surface area (Å²) in [5.74, 6) is 0.391. The molecule has 1 aliphatic heterocycles. The number of carbonyl (C=O) groups excluding carboxylic acids is 1. The maximum Gasteiger partial charge on any atom is 0.221 e. The smallest absolute Gasteiger partial charge is 0.221 e. The van der Waals surface area contributed by atoms with E-state index in [0.717, 1.165) is 65.3 Å². The van der Waals surface area contributed by atoms with Crippen molar-refractivity contribution in [1.29, 1.82) is 0 Å². The molecular weight excluding hydrogens is 491 g/mol. The topological polar surface area (TPSA) is 74.2 Å². The van der Waals surface area contributed by atoms with E-state index in [1.165, 1.54) is 24.7 Å². The van der Waals surface area contributed by atoms with Crippen molar-refractivity contribution in [1.82, 2.24) is 15.0 Å². The van der Waals surface area contributed by atoms with Gasteiger partial charge in [-0.2, -0.15) is 0 Å². The van der Waals surface area contributed by atoms with Crippen LogP contribution in [0.4, 0.5) is 21.6 Å². The summed E-state index contributed by atoms with van der Waals surface area (Å²) in [5.41, 5.74) is 7.07. The van der Waals surface area contributed by atoms with Crippen molar-refractivity contribution in [2.75, 3.05) is 41.3 Å². The van der Waals surface area contributed by atoms with E-state index in [1.807, 2.05) is 67.1 Å². The second kappa shape index (κ2) is 10.5. The highest BCUT2D eigenvalue weighted by atomic mass is 19.1. The molecule has 0 atom stereocenters. The van der Waals surface area contributed by atoms with Crippen molar-refractivity contribution in [2.45, 2.75) is 6.92 Å². The number of nitrogens with one attached hydrogen (secondary N) is 1. The summed E-state index contributed by atoms with van der Waals surface area (Å²) >= 11 is 0. The van der Waals surface area contributed by atoms with Gasteiger partial charge in [0.15, 0.2) is 0 Å². The molecule has 0 unspecified atom stereocenters. The zero-order valence-electron chi connectivity index (χ0n) is 21.5. The van der Waals surface area contributed by atoms with E-state index in [1.54, 1.807) is 12.1 Å². The maximum absolute atomic E-state index is 13.6. The minimum Gasteiger partial charge on any atom is -0.368 e. The number of amides is 1. The van der Waals surface area contributed by atoms with Crippen LogP contribution in [0.15, 0.2) is 91.4 Å². The van der Waals surface area contributed by atoms with Gasteiger partial charge in [0.1, 0.15) is 11.6 Å². The molecule has 7 nitrogen and oxygen atoms in total. The second-order valence-corrected chi connectivity index (χ2v) is 9.56. The van der Waals surface area contributed by atoms with Crippen molar-refractivity contribution < 1.29 is 9.18 Å². The summed E-state index contributed by atoms with van der Waals surface area (Å²) < 4.78 is 13.6. The number of piperazine rings is 1. The third kappa shape index (κ3) is 5.27. The van der Waals surface area contributed by atoms with Crippen LogP contribution in [-0.2, 0) is 4.79 Å². The summed E-state index contributed by atoms with van der Waals surface area (Å²) in [4.78, 5) is 30.2. The highest BCUT2D eigenvalue weighted by Crippen LogP contribution is 2.34. The molecule has 1 aliphatic rings. The van der Waals surface area contributed by atoms with Crippen molar-refractivity contribution >= 4 is 34.1 Å². The molecule has 3 aromatic carbocycles. The fourth-order valence-electron chi connectivity index (χ4n) is 4.97. The van der Waals surface area contributed by atoms with Gasteiger partial charge in [0.25, 0.3) is 0 Å². The molecule has 5 aromatic rings. The van der Waals surface area contributed by atoms with Gasteiger partial charge in [-0.1, -0.05) is 24.3 Å². The number of nitrogens with zero attached hydrogens (tertiary/aromatic N) is 5. The average Bonchev–Trinajstić information content (AvgIpc) is 2.97. The number of carbonyl (C=O) groups is 1. The number of hydrogen-bond donors (Lipinski definition) is 1. The summed E-state index contributed by atoms with van der Waals surface area (Å²) in [6, 6.07) is 22.2. The fourth-order valence-corrected chi connectivity index (χ4v) is 4.97. The minimum atomic E-state index is -0.307. The molecule has 0 saturated carbocycles. The Labute approximate surface area is 226 Å². The molecule has 194 valence electrons. The van der Waals surface area contributed by atoms with E-state index in [0.29, 0.717) is 5.69 Å². The third-order valence-electron chi connectivity index (χ3n) is 6.98. The lowest BCUT2D eigenvalue weighted by Crippen LogP contribution is -2.46. The quantitative estimate of drug-likeness (QED) is 0.318. The van der Waals surface area contributed by atoms with Gasteiger partial charge < -0.3 is 15.1 Å². The Balaban J connectivity index is 1.29. The molecule has 1 saturated heterocycles. The van der Waals surface area contributed by atoms with Crippen LogP contribution in [0.1, 0.15) is 6.92 Å². The molecule has 0 spiro atoms. The Bertz CT molecular complexity index is 1630. The van der Waals surface area contributed by atoms with Crippen LogP contribution < -0.4 is 15.1 Å². The van der Waals surface area contributed by atoms with Crippen LogP contribution in [-0.4, -0.2) is 47.0 Å². The van der Waals surface area contributed by atoms with Gasteiger partial charge in [-0.05, 0) is 65.2 Å². The molecule has 6 rings (SSSR count). The first-order chi connectivity index (χ1) is 19.0. The Hall–Kier alpha value is -4.85. The zero-order chi connectivity index (χ0) is 26.8. The van der Waals surface area contributed by atoms with E-state index in [4.69, 9.17) is 4.98 Å². The third-order valence-corrected chi connectivity index (χ3v) is 6.98. The van der Waals surface area contributed by atoms with Gasteiger partial charge in [0.05, 0.1) is 17.2 Å². The van der Waals surface area contributed by atoms with Crippen LogP contribution in [0, 0.1) is 5.82 Å². The van der Waals surface area contributed by atoms with Crippen molar-refractivity contribution in [3.8, 4) is 22.3 Å². The monoisotopic (exact) mass is 518 g/mol. The van der Waals surface area contributed by atoms with Crippen LogP contribution >= 0.6 is 0 Å². The van der Waals surface area contributed by atoms with Crippen LogP contribution in [0.3, 0.4) is 0 Å². The molecule has 0 aliphatic carbocycles. The number of anilines is 3. The minimum absolute atomic E-state index is 0.166. The molecule has 1 N–H and O–H groups in total. The largest absolute Gasteiger partial charge is 0.368 e. The molecule has 8 heteroatoms. The van der Waals surface area contributed by atoms with Crippen molar-refractivity contribution in [2.24, 2.45) is 0 Å². The molecular formula is C31H27FN6O. The maximum atomic E-state index is 13.6. The number of pyridine rings is 1. The first-order valence-corrected chi connectivity index (χ1v) is 12.9. The van der Waals surface area contributed by atoms with E-state index in [-0.39, 0.29) is 11.7 Å². The highest BCUT2D eigenvalue weighted by Gasteiger charge is 2.19. The molecule has 0 bridgehead atoms. The number of benzene rings is 3. The number of rotatable bonds is 5. The van der Waals surface area contributed by atoms with Gasteiger partial charge in [-0.3, -0.25) is 14.8 Å². The van der Waals surface area contributed by atoms with Gasteiger partial charge in [0, 0.05) is 62.4 Å². The van der Waals surface area contributed by atoms with Gasteiger partial charge in [-0.15, -0.1) is 0 Å². The Morgan fingerprint density at radius 1 is 0.795 bits per heavy atom. The van der Waals surface area contributed by atoms with E-state index < -0.39 is 0 Å². The summed E-state index contributed by atoms with van der Waals surface area (Å²) in [6.45, 7) is 4.98. The SMILES string of the molecule is CC(=O)Nc1ccc(-c2ccc3ncc(N4CCN(c5ccncc5)CC4)nc3c2)cc1-c1ccc(F)cc1. The highest BCUT2D eigenvalue weighted by molar-refractivity contribution is 5.95. The predicted octanol–water partition coefficient (Wildman–Crippen LogP) is 5.78. The van der Waals surface area contributed by atoms with Gasteiger partial charge in [0.2, 0.25) is 5.91 Å². The van der Waals surface area contributed by atoms with Crippen LogP contribution in [0.2, 0.25) is 0 Å². The Morgan fingerprint density at radius 3 is 2.21 bits per heavy atom. The van der Waals surface area contributed by atoms with Crippen LogP contribution in [0.25, 0.3) is 33.3 Å². The Morgan fingerprint density at radius 2 is 1.46 bits per heavy atom. The van der Waals surface area contributed by atoms with Crippen molar-refractivity contribution in [3.63, 3.8) is 0 Å². The number of fused-ring (bicyclic) bond motifs is 1. The molecule has 1 amide bonds. The van der Waals surface area contributed by atoms with E-state index >= 15 is 0 Å². The Kier molecular flexibility index (Phi) is 6.59. The molecule has 39 heavy (non-hydrogen) atoms. The van der Waals surface area contributed by atoms with E-state index in [2.05, 4.69) is 25.1 Å². The first kappa shape index (κ1) is 24.5. The second-order valence-electron chi connectivity index (χ2n) is 9.56. The average molecular weight is 519 g/mol. The molecule has 2 aromatic heterocycles. The van der Waals surface area contributed by atoms with Gasteiger partial charge >= 0.3 is 0 Å². The zero-order valence-corrected chi connectivity index (χ0v) is 21.5.